The van der Waals surface area contributed by atoms with E-state index in [0.717, 1.165) is 29.1 Å². The maximum atomic E-state index is 12.0. The summed E-state index contributed by atoms with van der Waals surface area (Å²) in [5.74, 6) is 0.844. The third-order valence-electron chi connectivity index (χ3n) is 3.72. The highest BCUT2D eigenvalue weighted by molar-refractivity contribution is 5.78. The summed E-state index contributed by atoms with van der Waals surface area (Å²) in [6.45, 7) is 3.17. The Kier molecular flexibility index (Phi) is 5.11. The van der Waals surface area contributed by atoms with E-state index in [9.17, 15) is 4.79 Å². The van der Waals surface area contributed by atoms with Crippen LogP contribution in [0.4, 0.5) is 0 Å². The number of hydrogen-bond donors (Lipinski definition) is 1. The summed E-state index contributed by atoms with van der Waals surface area (Å²) < 4.78 is 7.38. The van der Waals surface area contributed by atoms with E-state index in [0.29, 0.717) is 19.6 Å². The van der Waals surface area contributed by atoms with Crippen molar-refractivity contribution < 1.29 is 9.53 Å². The summed E-state index contributed by atoms with van der Waals surface area (Å²) >= 11 is 0. The number of hydrogen-bond acceptors (Lipinski definition) is 3. The van der Waals surface area contributed by atoms with Gasteiger partial charge in [0.2, 0.25) is 5.91 Å². The highest BCUT2D eigenvalue weighted by Crippen LogP contribution is 2.12. The lowest BCUT2D eigenvalue weighted by Gasteiger charge is -2.06. The Morgan fingerprint density at radius 2 is 2.04 bits per heavy atom. The molecule has 2 heterocycles. The minimum atomic E-state index is 0.0166. The van der Waals surface area contributed by atoms with Crippen molar-refractivity contribution in [1.82, 2.24) is 14.7 Å². The van der Waals surface area contributed by atoms with E-state index >= 15 is 0 Å². The Bertz CT molecular complexity index is 776. The number of nitrogens with one attached hydrogen (secondary N) is 1. The van der Waals surface area contributed by atoms with Crippen LogP contribution in [0.5, 0.6) is 5.75 Å². The van der Waals surface area contributed by atoms with Crippen molar-refractivity contribution in [3.63, 3.8) is 0 Å². The first-order valence-electron chi connectivity index (χ1n) is 8.15. The summed E-state index contributed by atoms with van der Waals surface area (Å²) in [6, 6.07) is 13.5. The van der Waals surface area contributed by atoms with Crippen LogP contribution in [0.3, 0.4) is 0 Å². The van der Waals surface area contributed by atoms with Crippen LogP contribution < -0.4 is 10.1 Å². The molecule has 5 heteroatoms. The topological polar surface area (TPSA) is 55.6 Å². The number of pyridine rings is 1. The van der Waals surface area contributed by atoms with Crippen LogP contribution in [0.15, 0.2) is 54.9 Å². The Morgan fingerprint density at radius 1 is 1.21 bits per heavy atom. The first-order valence-corrected chi connectivity index (χ1v) is 8.15. The number of benzene rings is 1. The molecule has 0 spiro atoms. The molecule has 0 saturated heterocycles. The van der Waals surface area contributed by atoms with Crippen LogP contribution in [0.1, 0.15) is 18.2 Å². The van der Waals surface area contributed by atoms with Crippen molar-refractivity contribution >= 4 is 11.6 Å². The Morgan fingerprint density at radius 3 is 2.79 bits per heavy atom. The fourth-order valence-corrected chi connectivity index (χ4v) is 2.56. The van der Waals surface area contributed by atoms with Gasteiger partial charge in [-0.05, 0) is 36.8 Å². The zero-order chi connectivity index (χ0) is 16.8. The fourth-order valence-electron chi connectivity index (χ4n) is 2.56. The number of imidazole rings is 1. The van der Waals surface area contributed by atoms with Gasteiger partial charge < -0.3 is 14.5 Å². The monoisotopic (exact) mass is 323 g/mol. The largest absolute Gasteiger partial charge is 0.494 e. The second-order valence-corrected chi connectivity index (χ2v) is 5.55. The lowest BCUT2D eigenvalue weighted by atomic mass is 10.1. The number of carbonyl (C=O) groups excluding carboxylic acids is 1. The van der Waals surface area contributed by atoms with Gasteiger partial charge in [0.25, 0.3) is 0 Å². The first-order chi connectivity index (χ1) is 11.7. The van der Waals surface area contributed by atoms with Gasteiger partial charge in [-0.2, -0.15) is 0 Å². The van der Waals surface area contributed by atoms with Crippen molar-refractivity contribution in [1.29, 1.82) is 0 Å². The van der Waals surface area contributed by atoms with Crippen molar-refractivity contribution in [3.05, 3.63) is 66.1 Å². The van der Waals surface area contributed by atoms with Crippen molar-refractivity contribution in [2.24, 2.45) is 0 Å². The maximum absolute atomic E-state index is 12.0. The van der Waals surface area contributed by atoms with E-state index in [1.54, 1.807) is 0 Å². The second kappa shape index (κ2) is 7.64. The molecule has 0 radical (unpaired) electrons. The zero-order valence-electron chi connectivity index (χ0n) is 13.7. The molecule has 0 aliphatic heterocycles. The van der Waals surface area contributed by atoms with Crippen LogP contribution in [-0.2, 0) is 17.6 Å². The molecular weight excluding hydrogens is 302 g/mol. The molecule has 0 unspecified atom stereocenters. The molecule has 0 atom stereocenters. The number of amides is 1. The highest BCUT2D eigenvalue weighted by Gasteiger charge is 2.05. The van der Waals surface area contributed by atoms with Crippen LogP contribution in [-0.4, -0.2) is 28.4 Å². The number of aromatic nitrogens is 2. The van der Waals surface area contributed by atoms with Crippen molar-refractivity contribution in [2.75, 3.05) is 13.2 Å². The standard InChI is InChI=1S/C19H21N3O2/c1-2-24-17-8-6-15(7-9-17)13-19(23)20-11-10-16-14-22-12-4-3-5-18(22)21-16/h3-9,12,14H,2,10-11,13H2,1H3,(H,20,23). The number of nitrogens with zero attached hydrogens (tertiary/aromatic N) is 2. The quantitative estimate of drug-likeness (QED) is 0.727. The molecule has 0 bridgehead atoms. The van der Waals surface area contributed by atoms with Gasteiger partial charge in [-0.25, -0.2) is 4.98 Å². The van der Waals surface area contributed by atoms with E-state index in [-0.39, 0.29) is 5.91 Å². The number of ether oxygens (including phenoxy) is 1. The third kappa shape index (κ3) is 4.13. The molecule has 3 aromatic rings. The smallest absolute Gasteiger partial charge is 0.224 e. The molecule has 1 amide bonds. The number of rotatable bonds is 7. The van der Waals surface area contributed by atoms with E-state index in [2.05, 4.69) is 10.3 Å². The summed E-state index contributed by atoms with van der Waals surface area (Å²) in [7, 11) is 0. The van der Waals surface area contributed by atoms with Crippen molar-refractivity contribution in [3.8, 4) is 5.75 Å². The molecule has 1 aromatic carbocycles. The summed E-state index contributed by atoms with van der Waals surface area (Å²) in [5, 5.41) is 2.94. The predicted octanol–water partition coefficient (Wildman–Crippen LogP) is 2.63. The lowest BCUT2D eigenvalue weighted by molar-refractivity contribution is -0.120. The predicted molar refractivity (Wildman–Crippen MR) is 93.2 cm³/mol. The van der Waals surface area contributed by atoms with Gasteiger partial charge in [0.05, 0.1) is 18.7 Å². The molecular formula is C19H21N3O2. The van der Waals surface area contributed by atoms with Gasteiger partial charge in [-0.15, -0.1) is 0 Å². The highest BCUT2D eigenvalue weighted by atomic mass is 16.5. The van der Waals surface area contributed by atoms with Crippen LogP contribution >= 0.6 is 0 Å². The van der Waals surface area contributed by atoms with Gasteiger partial charge in [0, 0.05) is 25.4 Å². The third-order valence-corrected chi connectivity index (χ3v) is 3.72. The van der Waals surface area contributed by atoms with Crippen LogP contribution in [0.25, 0.3) is 5.65 Å². The molecule has 124 valence electrons. The molecule has 5 nitrogen and oxygen atoms in total. The van der Waals surface area contributed by atoms with Crippen LogP contribution in [0.2, 0.25) is 0 Å². The SMILES string of the molecule is CCOc1ccc(CC(=O)NCCc2cn3ccccc3n2)cc1. The Hall–Kier alpha value is -2.82. The number of fused-ring (bicyclic) bond motifs is 1. The Balaban J connectivity index is 1.46. The summed E-state index contributed by atoms with van der Waals surface area (Å²) in [4.78, 5) is 16.5. The molecule has 0 fully saturated rings. The zero-order valence-corrected chi connectivity index (χ0v) is 13.7. The normalized spacial score (nSPS) is 10.7. The second-order valence-electron chi connectivity index (χ2n) is 5.55. The summed E-state index contributed by atoms with van der Waals surface area (Å²) in [5.41, 5.74) is 2.87. The first kappa shape index (κ1) is 16.1. The van der Waals surface area contributed by atoms with Crippen LogP contribution in [0, 0.1) is 0 Å². The lowest BCUT2D eigenvalue weighted by Crippen LogP contribution is -2.27. The molecule has 1 N–H and O–H groups in total. The Labute approximate surface area is 141 Å². The molecule has 0 aliphatic rings. The minimum absolute atomic E-state index is 0.0166. The van der Waals surface area contributed by atoms with E-state index in [1.807, 2.05) is 66.2 Å². The van der Waals surface area contributed by atoms with Gasteiger partial charge >= 0.3 is 0 Å². The molecule has 24 heavy (non-hydrogen) atoms. The number of carbonyl (C=O) groups is 1. The van der Waals surface area contributed by atoms with Gasteiger partial charge in [-0.3, -0.25) is 4.79 Å². The average Bonchev–Trinajstić information content (AvgIpc) is 2.99. The van der Waals surface area contributed by atoms with E-state index in [4.69, 9.17) is 4.74 Å². The minimum Gasteiger partial charge on any atom is -0.494 e. The maximum Gasteiger partial charge on any atom is 0.224 e. The molecule has 0 saturated carbocycles. The molecule has 0 aliphatic carbocycles. The van der Waals surface area contributed by atoms with Crippen molar-refractivity contribution in [2.45, 2.75) is 19.8 Å². The van der Waals surface area contributed by atoms with E-state index < -0.39 is 0 Å². The fraction of sp³-hybridized carbons (Fsp3) is 0.263. The van der Waals surface area contributed by atoms with Gasteiger partial charge in [-0.1, -0.05) is 18.2 Å². The average molecular weight is 323 g/mol. The van der Waals surface area contributed by atoms with Gasteiger partial charge in [0.1, 0.15) is 11.4 Å². The summed E-state index contributed by atoms with van der Waals surface area (Å²) in [6.07, 6.45) is 5.05. The molecule has 2 aromatic heterocycles. The van der Waals surface area contributed by atoms with E-state index in [1.165, 1.54) is 0 Å². The molecule has 3 rings (SSSR count). The van der Waals surface area contributed by atoms with Gasteiger partial charge in [0.15, 0.2) is 0 Å².